The van der Waals surface area contributed by atoms with Gasteiger partial charge in [0.2, 0.25) is 0 Å². The van der Waals surface area contributed by atoms with Crippen molar-refractivity contribution in [2.45, 2.75) is 6.92 Å². The van der Waals surface area contributed by atoms with Gasteiger partial charge in [-0.05, 0) is 45.9 Å². The predicted molar refractivity (Wildman–Crippen MR) is 148 cm³/mol. The molecule has 0 unspecified atom stereocenters. The summed E-state index contributed by atoms with van der Waals surface area (Å²) in [5.74, 6) is 0.867. The number of phenolic OH excluding ortho intramolecular Hbond substituents is 1. The van der Waals surface area contributed by atoms with Gasteiger partial charge in [-0.25, -0.2) is 9.98 Å². The van der Waals surface area contributed by atoms with Crippen molar-refractivity contribution in [2.75, 3.05) is 0 Å². The number of pyridine rings is 1. The molecule has 0 aliphatic heterocycles. The third-order valence-electron chi connectivity index (χ3n) is 6.29. The molecule has 1 N–H and O–H groups in total. The first-order chi connectivity index (χ1) is 17.2. The molecule has 5 aromatic rings. The van der Waals surface area contributed by atoms with Crippen molar-refractivity contribution < 1.29 is 5.11 Å². The van der Waals surface area contributed by atoms with E-state index in [4.69, 9.17) is 0 Å². The highest BCUT2D eigenvalue weighted by Crippen LogP contribution is 2.21. The van der Waals surface area contributed by atoms with E-state index >= 15 is 0 Å². The minimum absolute atomic E-state index is 0.263. The molecular formula is C31H26N2OSi. The molecule has 1 aromatic heterocycles. The van der Waals surface area contributed by atoms with Crippen LogP contribution in [-0.2, 0) is 0 Å². The molecule has 0 fully saturated rings. The monoisotopic (exact) mass is 470 g/mol. The largest absolute Gasteiger partial charge is 0.507 e. The van der Waals surface area contributed by atoms with E-state index in [2.05, 4.69) is 95.8 Å². The first-order valence-electron chi connectivity index (χ1n) is 11.7. The van der Waals surface area contributed by atoms with Crippen LogP contribution < -0.4 is 20.7 Å². The van der Waals surface area contributed by atoms with Gasteiger partial charge in [-0.3, -0.25) is 0 Å². The maximum absolute atomic E-state index is 11.8. The number of aromatic hydroxyl groups is 1. The fourth-order valence-corrected chi connectivity index (χ4v) is 9.74. The van der Waals surface area contributed by atoms with Crippen LogP contribution in [0.2, 0.25) is 0 Å². The molecule has 35 heavy (non-hydrogen) atoms. The quantitative estimate of drug-likeness (QED) is 0.229. The summed E-state index contributed by atoms with van der Waals surface area (Å²) in [5, 5.41) is 16.4. The zero-order valence-corrected chi connectivity index (χ0v) is 20.5. The molecule has 5 rings (SSSR count). The van der Waals surface area contributed by atoms with Gasteiger partial charge in [-0.2, -0.15) is 0 Å². The van der Waals surface area contributed by atoms with Gasteiger partial charge in [0.1, 0.15) is 5.75 Å². The molecule has 4 heteroatoms. The van der Waals surface area contributed by atoms with Gasteiger partial charge in [-0.1, -0.05) is 109 Å². The molecule has 0 aliphatic rings. The van der Waals surface area contributed by atoms with Crippen LogP contribution in [0.4, 0.5) is 5.82 Å². The number of hydrogen-bond donors (Lipinski definition) is 1. The number of aromatic nitrogens is 1. The number of aliphatic imine (C=N–C) groups is 1. The van der Waals surface area contributed by atoms with Gasteiger partial charge in [-0.15, -0.1) is 0 Å². The smallest absolute Gasteiger partial charge is 0.183 e. The Balaban J connectivity index is 1.83. The number of phenols is 1. The Morgan fingerprint density at radius 2 is 1.20 bits per heavy atom. The highest BCUT2D eigenvalue weighted by Gasteiger charge is 2.43. The minimum atomic E-state index is -2.84. The highest BCUT2D eigenvalue weighted by atomic mass is 28.3. The van der Waals surface area contributed by atoms with Crippen molar-refractivity contribution in [2.24, 2.45) is 4.99 Å². The summed E-state index contributed by atoms with van der Waals surface area (Å²) in [6.45, 7) is 2.07. The third kappa shape index (κ3) is 4.32. The standard InChI is InChI=1S/C31H26N2OSi/c1-24-21-25(23-33-30-19-11-12-20-32-30)31(34)29(22-24)35(26-13-5-2-6-14-26,27-15-7-3-8-16-27)28-17-9-4-10-18-28/h2-23,34H,1H3/b33-23+. The molecule has 170 valence electrons. The molecule has 0 aliphatic carbocycles. The van der Waals surface area contributed by atoms with Crippen LogP contribution in [0, 0.1) is 6.92 Å². The fourth-order valence-electron chi connectivity index (χ4n) is 4.79. The maximum Gasteiger partial charge on any atom is 0.183 e. The van der Waals surface area contributed by atoms with Gasteiger partial charge >= 0.3 is 0 Å². The third-order valence-corrected chi connectivity index (χ3v) is 11.1. The summed E-state index contributed by atoms with van der Waals surface area (Å²) < 4.78 is 0. The van der Waals surface area contributed by atoms with Crippen LogP contribution in [0.3, 0.4) is 0 Å². The zero-order valence-electron chi connectivity index (χ0n) is 19.5. The Morgan fingerprint density at radius 3 is 1.69 bits per heavy atom. The lowest BCUT2D eigenvalue weighted by atomic mass is 10.1. The van der Waals surface area contributed by atoms with Gasteiger partial charge in [0.05, 0.1) is 0 Å². The average molecular weight is 471 g/mol. The summed E-state index contributed by atoms with van der Waals surface area (Å²) in [6, 6.07) is 41.5. The number of benzene rings is 4. The van der Waals surface area contributed by atoms with Gasteiger partial charge in [0.15, 0.2) is 13.9 Å². The zero-order chi connectivity index (χ0) is 24.1. The lowest BCUT2D eigenvalue weighted by Crippen LogP contribution is -2.74. The van der Waals surface area contributed by atoms with E-state index in [1.54, 1.807) is 12.4 Å². The predicted octanol–water partition coefficient (Wildman–Crippen LogP) is 4.22. The summed E-state index contributed by atoms with van der Waals surface area (Å²) in [6.07, 6.45) is 3.43. The maximum atomic E-state index is 11.8. The second kappa shape index (κ2) is 9.91. The lowest BCUT2D eigenvalue weighted by Gasteiger charge is -2.35. The Kier molecular flexibility index (Phi) is 6.38. The summed E-state index contributed by atoms with van der Waals surface area (Å²) >= 11 is 0. The Morgan fingerprint density at radius 1 is 0.686 bits per heavy atom. The second-order valence-electron chi connectivity index (χ2n) is 8.54. The molecule has 0 bridgehead atoms. The number of hydrogen-bond acceptors (Lipinski definition) is 3. The second-order valence-corrected chi connectivity index (χ2v) is 12.3. The fraction of sp³-hybridized carbons (Fsp3) is 0.0323. The number of rotatable bonds is 6. The molecule has 0 atom stereocenters. The summed E-state index contributed by atoms with van der Waals surface area (Å²) in [7, 11) is -2.84. The van der Waals surface area contributed by atoms with E-state index in [-0.39, 0.29) is 5.75 Å². The molecule has 0 saturated carbocycles. The highest BCUT2D eigenvalue weighted by molar-refractivity contribution is 7.20. The van der Waals surface area contributed by atoms with E-state index in [1.807, 2.05) is 42.5 Å². The van der Waals surface area contributed by atoms with E-state index in [9.17, 15) is 5.11 Å². The van der Waals surface area contributed by atoms with E-state index in [1.165, 1.54) is 15.6 Å². The van der Waals surface area contributed by atoms with Crippen molar-refractivity contribution in [3.8, 4) is 5.75 Å². The van der Waals surface area contributed by atoms with E-state index in [0.717, 1.165) is 10.8 Å². The van der Waals surface area contributed by atoms with Crippen LogP contribution in [0.1, 0.15) is 11.1 Å². The van der Waals surface area contributed by atoms with E-state index in [0.29, 0.717) is 11.4 Å². The van der Waals surface area contributed by atoms with Crippen molar-refractivity contribution >= 4 is 40.9 Å². The Labute approximate surface area is 207 Å². The molecule has 0 spiro atoms. The molecular weight excluding hydrogens is 444 g/mol. The minimum Gasteiger partial charge on any atom is -0.507 e. The van der Waals surface area contributed by atoms with Crippen molar-refractivity contribution in [3.63, 3.8) is 0 Å². The van der Waals surface area contributed by atoms with Gasteiger partial charge in [0.25, 0.3) is 0 Å². The molecule has 0 radical (unpaired) electrons. The van der Waals surface area contributed by atoms with Gasteiger partial charge in [0, 0.05) is 18.0 Å². The molecule has 0 saturated heterocycles. The van der Waals surface area contributed by atoms with Crippen molar-refractivity contribution in [1.29, 1.82) is 0 Å². The summed E-state index contributed by atoms with van der Waals surface area (Å²) in [4.78, 5) is 8.83. The molecule has 3 nitrogen and oxygen atoms in total. The van der Waals surface area contributed by atoms with Crippen LogP contribution in [0.25, 0.3) is 0 Å². The Bertz CT molecular complexity index is 1340. The van der Waals surface area contributed by atoms with Crippen molar-refractivity contribution in [3.05, 3.63) is 139 Å². The van der Waals surface area contributed by atoms with Gasteiger partial charge < -0.3 is 5.11 Å². The molecule has 1 heterocycles. The van der Waals surface area contributed by atoms with Crippen molar-refractivity contribution in [1.82, 2.24) is 4.98 Å². The molecule has 4 aromatic carbocycles. The molecule has 0 amide bonds. The first kappa shape index (κ1) is 22.5. The van der Waals surface area contributed by atoms with Crippen LogP contribution in [-0.4, -0.2) is 24.4 Å². The SMILES string of the molecule is Cc1cc(/C=N/c2ccccn2)c(O)c([Si](c2ccccc2)(c2ccccc2)c2ccccc2)c1. The first-order valence-corrected chi connectivity index (χ1v) is 13.7. The average Bonchev–Trinajstić information content (AvgIpc) is 2.92. The normalized spacial score (nSPS) is 11.6. The lowest BCUT2D eigenvalue weighted by molar-refractivity contribution is 0.478. The Hall–Kier alpha value is -4.28. The van der Waals surface area contributed by atoms with Crippen LogP contribution in [0.5, 0.6) is 5.75 Å². The number of nitrogens with zero attached hydrogens (tertiary/aromatic N) is 2. The topological polar surface area (TPSA) is 45.5 Å². The number of aryl methyl sites for hydroxylation is 1. The van der Waals surface area contributed by atoms with Crippen LogP contribution >= 0.6 is 0 Å². The van der Waals surface area contributed by atoms with Crippen LogP contribution in [0.15, 0.2) is 133 Å². The van der Waals surface area contributed by atoms with E-state index < -0.39 is 8.07 Å². The summed E-state index contributed by atoms with van der Waals surface area (Å²) in [5.41, 5.74) is 1.75.